The second-order valence-corrected chi connectivity index (χ2v) is 9.74. The molecule has 1 amide bonds. The van der Waals surface area contributed by atoms with Gasteiger partial charge in [0.15, 0.2) is 0 Å². The van der Waals surface area contributed by atoms with Gasteiger partial charge in [0.05, 0.1) is 0 Å². The molecule has 0 aromatic carbocycles. The lowest BCUT2D eigenvalue weighted by atomic mass is 9.48. The summed E-state index contributed by atoms with van der Waals surface area (Å²) in [5, 5.41) is 2.99. The minimum atomic E-state index is 0.134. The Morgan fingerprint density at radius 1 is 1.32 bits per heavy atom. The van der Waals surface area contributed by atoms with Crippen LogP contribution in [0.2, 0.25) is 0 Å². The molecule has 3 nitrogen and oxygen atoms in total. The lowest BCUT2D eigenvalue weighted by Gasteiger charge is -2.60. The van der Waals surface area contributed by atoms with E-state index < -0.39 is 0 Å². The summed E-state index contributed by atoms with van der Waals surface area (Å²) in [6.45, 7) is 2.00. The van der Waals surface area contributed by atoms with Crippen LogP contribution in [0.1, 0.15) is 50.5 Å². The number of carbonyl (C=O) groups excluding carboxylic acids is 1. The van der Waals surface area contributed by atoms with Crippen molar-refractivity contribution in [2.24, 2.45) is 17.3 Å². The Morgan fingerprint density at radius 3 is 2.64 bits per heavy atom. The molecule has 4 aliphatic rings. The Morgan fingerprint density at radius 2 is 2.05 bits per heavy atom. The van der Waals surface area contributed by atoms with Crippen molar-refractivity contribution < 1.29 is 4.79 Å². The van der Waals surface area contributed by atoms with E-state index in [1.165, 1.54) is 38.5 Å². The number of nitrogens with zero attached hydrogens (tertiary/aromatic N) is 1. The lowest BCUT2D eigenvalue weighted by Crippen LogP contribution is -2.53. The fourth-order valence-corrected chi connectivity index (χ4v) is 7.12. The average Bonchev–Trinajstić information content (AvgIpc) is 2.37. The lowest BCUT2D eigenvalue weighted by molar-refractivity contribution is -0.123. The van der Waals surface area contributed by atoms with Gasteiger partial charge in [0.2, 0.25) is 5.91 Å². The molecule has 4 saturated carbocycles. The van der Waals surface area contributed by atoms with Crippen LogP contribution in [0.4, 0.5) is 5.82 Å². The SMILES string of the molecule is Cc1ccc(NC(=O)CC23CC4CC(CC(Br)(C4)C2)C3)nc1. The monoisotopic (exact) mass is 362 g/mol. The molecule has 1 N–H and O–H groups in total. The molecule has 118 valence electrons. The van der Waals surface area contributed by atoms with Crippen LogP contribution in [0.5, 0.6) is 0 Å². The maximum Gasteiger partial charge on any atom is 0.226 e. The van der Waals surface area contributed by atoms with E-state index >= 15 is 0 Å². The summed E-state index contributed by atoms with van der Waals surface area (Å²) in [6, 6.07) is 3.87. The van der Waals surface area contributed by atoms with Crippen LogP contribution in [0.25, 0.3) is 0 Å². The summed E-state index contributed by atoms with van der Waals surface area (Å²) < 4.78 is 0.319. The number of carbonyl (C=O) groups is 1. The normalized spacial score (nSPS) is 39.0. The van der Waals surface area contributed by atoms with Gasteiger partial charge in [-0.25, -0.2) is 4.98 Å². The van der Waals surface area contributed by atoms with Crippen molar-refractivity contribution in [1.82, 2.24) is 4.98 Å². The van der Waals surface area contributed by atoms with E-state index in [1.54, 1.807) is 6.20 Å². The number of halogens is 1. The Balaban J connectivity index is 1.46. The molecule has 1 aromatic rings. The first kappa shape index (κ1) is 14.7. The summed E-state index contributed by atoms with van der Waals surface area (Å²) >= 11 is 4.01. The summed E-state index contributed by atoms with van der Waals surface area (Å²) in [7, 11) is 0. The van der Waals surface area contributed by atoms with E-state index in [1.807, 2.05) is 19.1 Å². The topological polar surface area (TPSA) is 42.0 Å². The van der Waals surface area contributed by atoms with Crippen molar-refractivity contribution in [3.05, 3.63) is 23.9 Å². The van der Waals surface area contributed by atoms with E-state index in [9.17, 15) is 4.79 Å². The van der Waals surface area contributed by atoms with Gasteiger partial charge in [0, 0.05) is 16.9 Å². The highest BCUT2D eigenvalue weighted by atomic mass is 79.9. The van der Waals surface area contributed by atoms with Crippen LogP contribution in [-0.2, 0) is 4.79 Å². The van der Waals surface area contributed by atoms with E-state index in [0.717, 1.165) is 17.4 Å². The highest BCUT2D eigenvalue weighted by molar-refractivity contribution is 9.10. The summed E-state index contributed by atoms with van der Waals surface area (Å²) in [5.41, 5.74) is 1.34. The number of aryl methyl sites for hydroxylation is 1. The third-order valence-corrected chi connectivity index (χ3v) is 6.75. The predicted octanol–water partition coefficient (Wildman–Crippen LogP) is 4.45. The van der Waals surface area contributed by atoms with Gasteiger partial charge < -0.3 is 5.32 Å². The molecule has 1 aromatic heterocycles. The Kier molecular flexibility index (Phi) is 3.37. The summed E-state index contributed by atoms with van der Waals surface area (Å²) in [5.74, 6) is 2.46. The number of anilines is 1. The van der Waals surface area contributed by atoms with Gasteiger partial charge in [-0.1, -0.05) is 22.0 Å². The smallest absolute Gasteiger partial charge is 0.226 e. The van der Waals surface area contributed by atoms with Crippen LogP contribution >= 0.6 is 15.9 Å². The predicted molar refractivity (Wildman–Crippen MR) is 91.0 cm³/mol. The van der Waals surface area contributed by atoms with Crippen LogP contribution in [-0.4, -0.2) is 15.2 Å². The second-order valence-electron chi connectivity index (χ2n) is 8.06. The Bertz CT molecular complexity index is 584. The molecule has 0 aliphatic heterocycles. The number of nitrogens with one attached hydrogen (secondary N) is 1. The number of alkyl halides is 1. The van der Waals surface area contributed by atoms with Crippen molar-refractivity contribution in [1.29, 1.82) is 0 Å². The van der Waals surface area contributed by atoms with Gasteiger partial charge in [-0.2, -0.15) is 0 Å². The molecule has 4 bridgehead atoms. The molecular weight excluding hydrogens is 340 g/mol. The number of pyridine rings is 1. The second kappa shape index (κ2) is 5.05. The number of amides is 1. The van der Waals surface area contributed by atoms with Gasteiger partial charge in [-0.05, 0) is 74.3 Å². The van der Waals surface area contributed by atoms with Gasteiger partial charge in [0.1, 0.15) is 5.82 Å². The molecule has 4 fully saturated rings. The van der Waals surface area contributed by atoms with Crippen LogP contribution in [0.3, 0.4) is 0 Å². The van der Waals surface area contributed by atoms with Gasteiger partial charge >= 0.3 is 0 Å². The quantitative estimate of drug-likeness (QED) is 0.806. The highest BCUT2D eigenvalue weighted by Crippen LogP contribution is 2.65. The summed E-state index contributed by atoms with van der Waals surface area (Å²) in [6.07, 6.45) is 10.1. The molecule has 5 rings (SSSR count). The number of rotatable bonds is 3. The standard InChI is InChI=1S/C18H23BrN2O/c1-12-2-3-15(20-10-12)21-16(22)9-17-5-13-4-14(6-17)8-18(19,7-13)11-17/h2-3,10,13-14H,4-9,11H2,1H3,(H,20,21,22). The Hall–Kier alpha value is -0.900. The van der Waals surface area contributed by atoms with Crippen LogP contribution in [0, 0.1) is 24.2 Å². The third-order valence-electron chi connectivity index (χ3n) is 5.83. The number of aromatic nitrogens is 1. The van der Waals surface area contributed by atoms with E-state index in [2.05, 4.69) is 26.2 Å². The maximum absolute atomic E-state index is 12.5. The zero-order valence-corrected chi connectivity index (χ0v) is 14.7. The van der Waals surface area contributed by atoms with Crippen molar-refractivity contribution in [2.45, 2.75) is 56.2 Å². The fraction of sp³-hybridized carbons (Fsp3) is 0.667. The van der Waals surface area contributed by atoms with Gasteiger partial charge in [-0.3, -0.25) is 4.79 Å². The molecule has 22 heavy (non-hydrogen) atoms. The molecule has 0 spiro atoms. The van der Waals surface area contributed by atoms with Crippen LogP contribution in [0.15, 0.2) is 18.3 Å². The summed E-state index contributed by atoms with van der Waals surface area (Å²) in [4.78, 5) is 16.8. The first-order valence-electron chi connectivity index (χ1n) is 8.35. The van der Waals surface area contributed by atoms with Gasteiger partial charge in [0.25, 0.3) is 0 Å². The minimum absolute atomic E-state index is 0.134. The van der Waals surface area contributed by atoms with Crippen molar-refractivity contribution in [3.63, 3.8) is 0 Å². The first-order valence-corrected chi connectivity index (χ1v) is 9.15. The molecule has 4 aliphatic carbocycles. The number of hydrogen-bond donors (Lipinski definition) is 1. The molecule has 2 atom stereocenters. The maximum atomic E-state index is 12.5. The van der Waals surface area contributed by atoms with E-state index in [0.29, 0.717) is 16.6 Å². The van der Waals surface area contributed by atoms with Crippen molar-refractivity contribution in [2.75, 3.05) is 5.32 Å². The Labute approximate surface area is 140 Å². The third kappa shape index (κ3) is 2.70. The van der Waals surface area contributed by atoms with Crippen molar-refractivity contribution >= 4 is 27.7 Å². The van der Waals surface area contributed by atoms with E-state index in [4.69, 9.17) is 0 Å². The molecule has 0 radical (unpaired) electrons. The first-order chi connectivity index (χ1) is 10.4. The minimum Gasteiger partial charge on any atom is -0.311 e. The molecule has 0 saturated heterocycles. The molecule has 4 heteroatoms. The zero-order chi connectivity index (χ0) is 15.4. The van der Waals surface area contributed by atoms with E-state index in [-0.39, 0.29) is 11.3 Å². The highest BCUT2D eigenvalue weighted by Gasteiger charge is 2.57. The average molecular weight is 363 g/mol. The van der Waals surface area contributed by atoms with Crippen molar-refractivity contribution in [3.8, 4) is 0 Å². The fourth-order valence-electron chi connectivity index (χ4n) is 5.61. The molecular formula is C18H23BrN2O. The van der Waals surface area contributed by atoms with Gasteiger partial charge in [-0.15, -0.1) is 0 Å². The zero-order valence-electron chi connectivity index (χ0n) is 13.1. The number of hydrogen-bond acceptors (Lipinski definition) is 2. The largest absolute Gasteiger partial charge is 0.311 e. The molecule has 2 unspecified atom stereocenters. The van der Waals surface area contributed by atoms with Crippen LogP contribution < -0.4 is 5.32 Å². The molecule has 1 heterocycles.